The molecule has 0 radical (unpaired) electrons. The van der Waals surface area contributed by atoms with Crippen molar-refractivity contribution in [1.29, 1.82) is 0 Å². The molecule has 2 saturated heterocycles. The van der Waals surface area contributed by atoms with Gasteiger partial charge >= 0.3 is 6.09 Å². The number of piperidine rings is 1. The number of hydrogen-bond donors (Lipinski definition) is 2. The van der Waals surface area contributed by atoms with E-state index in [2.05, 4.69) is 5.32 Å². The number of nitrogens with one attached hydrogen (secondary N) is 1. The third-order valence-corrected chi connectivity index (χ3v) is 4.20. The van der Waals surface area contributed by atoms with E-state index < -0.39 is 0 Å². The van der Waals surface area contributed by atoms with E-state index in [9.17, 15) is 9.90 Å². The van der Waals surface area contributed by atoms with Gasteiger partial charge in [0.05, 0.1) is 6.04 Å². The summed E-state index contributed by atoms with van der Waals surface area (Å²) in [5.41, 5.74) is 0.933. The molecule has 1 aromatic carbocycles. The highest BCUT2D eigenvalue weighted by molar-refractivity contribution is 5.70. The van der Waals surface area contributed by atoms with Crippen molar-refractivity contribution in [2.45, 2.75) is 25.4 Å². The highest BCUT2D eigenvalue weighted by atomic mass is 16.6. The van der Waals surface area contributed by atoms with Gasteiger partial charge in [-0.3, -0.25) is 4.90 Å². The summed E-state index contributed by atoms with van der Waals surface area (Å²) in [4.78, 5) is 13.8. The van der Waals surface area contributed by atoms with E-state index in [4.69, 9.17) is 4.74 Å². The van der Waals surface area contributed by atoms with Crippen molar-refractivity contribution < 1.29 is 14.6 Å². The lowest BCUT2D eigenvalue weighted by Crippen LogP contribution is -2.43. The van der Waals surface area contributed by atoms with Crippen molar-refractivity contribution in [3.63, 3.8) is 0 Å². The number of phenolic OH excluding ortho intramolecular Hbond substituents is 1. The number of hydrogen-bond acceptors (Lipinski definition) is 4. The Bertz CT molecular complexity index is 486. The standard InChI is InChI=1S/C15H20N2O3/c18-13-3-1-2-11(8-13)9-17-14(10-20-15(17)19)12-4-6-16-7-5-12/h1-3,8,12,14,16,18H,4-7,9-10H2. The molecule has 0 bridgehead atoms. The molecule has 0 saturated carbocycles. The third-order valence-electron chi connectivity index (χ3n) is 4.20. The molecule has 1 unspecified atom stereocenters. The van der Waals surface area contributed by atoms with Crippen molar-refractivity contribution >= 4 is 6.09 Å². The van der Waals surface area contributed by atoms with Crippen LogP contribution in [0.2, 0.25) is 0 Å². The van der Waals surface area contributed by atoms with Crippen LogP contribution < -0.4 is 5.32 Å². The molecule has 2 aliphatic rings. The van der Waals surface area contributed by atoms with Crippen LogP contribution in [0.25, 0.3) is 0 Å². The number of carbonyl (C=O) groups excluding carboxylic acids is 1. The van der Waals surface area contributed by atoms with Gasteiger partial charge in [0, 0.05) is 6.54 Å². The molecule has 3 rings (SSSR count). The molecule has 2 heterocycles. The quantitative estimate of drug-likeness (QED) is 0.882. The van der Waals surface area contributed by atoms with Gasteiger partial charge in [0.2, 0.25) is 0 Å². The lowest BCUT2D eigenvalue weighted by Gasteiger charge is -2.32. The maximum Gasteiger partial charge on any atom is 0.410 e. The minimum absolute atomic E-state index is 0.159. The largest absolute Gasteiger partial charge is 0.508 e. The number of aromatic hydroxyl groups is 1. The Labute approximate surface area is 118 Å². The van der Waals surface area contributed by atoms with Crippen LogP contribution in [0.3, 0.4) is 0 Å². The van der Waals surface area contributed by atoms with Crippen molar-refractivity contribution in [3.8, 4) is 5.75 Å². The number of carbonyl (C=O) groups is 1. The first-order valence-electron chi connectivity index (χ1n) is 7.16. The summed E-state index contributed by atoms with van der Waals surface area (Å²) < 4.78 is 5.24. The summed E-state index contributed by atoms with van der Waals surface area (Å²) in [6.45, 7) is 3.01. The predicted molar refractivity (Wildman–Crippen MR) is 74.4 cm³/mol. The molecule has 2 aliphatic heterocycles. The van der Waals surface area contributed by atoms with E-state index in [1.807, 2.05) is 11.0 Å². The van der Waals surface area contributed by atoms with Crippen molar-refractivity contribution in [1.82, 2.24) is 10.2 Å². The maximum atomic E-state index is 11.9. The van der Waals surface area contributed by atoms with Gasteiger partial charge in [0.15, 0.2) is 0 Å². The fourth-order valence-corrected chi connectivity index (χ4v) is 3.12. The van der Waals surface area contributed by atoms with E-state index in [0.717, 1.165) is 31.5 Å². The summed E-state index contributed by atoms with van der Waals surface area (Å²) in [5, 5.41) is 12.9. The highest BCUT2D eigenvalue weighted by Crippen LogP contribution is 2.28. The normalized spacial score (nSPS) is 23.9. The molecule has 0 aliphatic carbocycles. The van der Waals surface area contributed by atoms with Crippen LogP contribution in [-0.2, 0) is 11.3 Å². The average Bonchev–Trinajstić information content (AvgIpc) is 2.81. The summed E-state index contributed by atoms with van der Waals surface area (Å²) in [6, 6.07) is 7.21. The van der Waals surface area contributed by atoms with Gasteiger partial charge in [-0.05, 0) is 49.5 Å². The van der Waals surface area contributed by atoms with Gasteiger partial charge in [0.1, 0.15) is 12.4 Å². The number of cyclic esters (lactones) is 1. The van der Waals surface area contributed by atoms with Crippen LogP contribution >= 0.6 is 0 Å². The van der Waals surface area contributed by atoms with E-state index in [-0.39, 0.29) is 17.9 Å². The zero-order valence-corrected chi connectivity index (χ0v) is 11.4. The fourth-order valence-electron chi connectivity index (χ4n) is 3.12. The molecule has 2 N–H and O–H groups in total. The van der Waals surface area contributed by atoms with Crippen LogP contribution in [0.15, 0.2) is 24.3 Å². The SMILES string of the molecule is O=C1OCC(C2CCNCC2)N1Cc1cccc(O)c1. The molecule has 5 nitrogen and oxygen atoms in total. The molecule has 2 fully saturated rings. The molecule has 1 amide bonds. The monoisotopic (exact) mass is 276 g/mol. The summed E-state index contributed by atoms with van der Waals surface area (Å²) in [7, 11) is 0. The molecule has 5 heteroatoms. The Hall–Kier alpha value is -1.75. The second-order valence-electron chi connectivity index (χ2n) is 5.53. The van der Waals surface area contributed by atoms with E-state index in [1.54, 1.807) is 18.2 Å². The zero-order chi connectivity index (χ0) is 13.9. The zero-order valence-electron chi connectivity index (χ0n) is 11.4. The Morgan fingerprint density at radius 2 is 2.15 bits per heavy atom. The number of phenols is 1. The number of nitrogens with zero attached hydrogens (tertiary/aromatic N) is 1. The number of amides is 1. The summed E-state index contributed by atoms with van der Waals surface area (Å²) >= 11 is 0. The molecule has 1 atom stereocenters. The first kappa shape index (κ1) is 13.2. The second-order valence-corrected chi connectivity index (χ2v) is 5.53. The molecule has 0 aromatic heterocycles. The molecular weight excluding hydrogens is 256 g/mol. The van der Waals surface area contributed by atoms with Gasteiger partial charge < -0.3 is 15.2 Å². The van der Waals surface area contributed by atoms with Crippen molar-refractivity contribution in [2.24, 2.45) is 5.92 Å². The molecular formula is C15H20N2O3. The Balaban J connectivity index is 1.73. The Morgan fingerprint density at radius 3 is 2.90 bits per heavy atom. The Morgan fingerprint density at radius 1 is 1.35 bits per heavy atom. The Kier molecular flexibility index (Phi) is 3.78. The van der Waals surface area contributed by atoms with Crippen molar-refractivity contribution in [2.75, 3.05) is 19.7 Å². The van der Waals surface area contributed by atoms with Crippen LogP contribution in [0.4, 0.5) is 4.79 Å². The first-order valence-corrected chi connectivity index (χ1v) is 7.16. The van der Waals surface area contributed by atoms with Crippen molar-refractivity contribution in [3.05, 3.63) is 29.8 Å². The fraction of sp³-hybridized carbons (Fsp3) is 0.533. The number of benzene rings is 1. The van der Waals surface area contributed by atoms with E-state index in [1.165, 1.54) is 0 Å². The lowest BCUT2D eigenvalue weighted by atomic mass is 9.90. The maximum absolute atomic E-state index is 11.9. The molecule has 108 valence electrons. The van der Waals surface area contributed by atoms with Crippen LogP contribution in [-0.4, -0.2) is 41.8 Å². The average molecular weight is 276 g/mol. The summed E-state index contributed by atoms with van der Waals surface area (Å²) in [6.07, 6.45) is 1.92. The van der Waals surface area contributed by atoms with Gasteiger partial charge in [0.25, 0.3) is 0 Å². The predicted octanol–water partition coefficient (Wildman–Crippen LogP) is 1.71. The second kappa shape index (κ2) is 5.71. The van der Waals surface area contributed by atoms with Gasteiger partial charge in [-0.2, -0.15) is 0 Å². The van der Waals surface area contributed by atoms with Crippen LogP contribution in [0.1, 0.15) is 18.4 Å². The van der Waals surface area contributed by atoms with Gasteiger partial charge in [-0.1, -0.05) is 12.1 Å². The van der Waals surface area contributed by atoms with Crippen LogP contribution in [0, 0.1) is 5.92 Å². The number of rotatable bonds is 3. The molecule has 1 aromatic rings. The highest BCUT2D eigenvalue weighted by Gasteiger charge is 2.38. The summed E-state index contributed by atoms with van der Waals surface area (Å²) in [5.74, 6) is 0.730. The van der Waals surface area contributed by atoms with Gasteiger partial charge in [-0.15, -0.1) is 0 Å². The van der Waals surface area contributed by atoms with Crippen LogP contribution in [0.5, 0.6) is 5.75 Å². The molecule has 0 spiro atoms. The first-order chi connectivity index (χ1) is 9.74. The van der Waals surface area contributed by atoms with E-state index >= 15 is 0 Å². The van der Waals surface area contributed by atoms with E-state index in [0.29, 0.717) is 19.1 Å². The smallest absolute Gasteiger partial charge is 0.410 e. The lowest BCUT2D eigenvalue weighted by molar-refractivity contribution is 0.151. The minimum atomic E-state index is -0.239. The third kappa shape index (κ3) is 2.72. The topological polar surface area (TPSA) is 61.8 Å². The number of ether oxygens (including phenoxy) is 1. The molecule has 20 heavy (non-hydrogen) atoms. The van der Waals surface area contributed by atoms with Gasteiger partial charge in [-0.25, -0.2) is 4.79 Å². The minimum Gasteiger partial charge on any atom is -0.508 e.